The first-order chi connectivity index (χ1) is 8.88. The largest absolute Gasteiger partial charge is 0.378 e. The molecular formula is C12H19N3O3. The summed E-state index contributed by atoms with van der Waals surface area (Å²) in [6.07, 6.45) is 2.16. The Morgan fingerprint density at radius 2 is 2.33 bits per heavy atom. The fraction of sp³-hybridized carbons (Fsp3) is 0.833. The highest BCUT2D eigenvalue weighted by Gasteiger charge is 2.33. The molecule has 0 radical (unpaired) electrons. The summed E-state index contributed by atoms with van der Waals surface area (Å²) in [7, 11) is 0. The Morgan fingerprint density at radius 3 is 3.11 bits per heavy atom. The number of ether oxygens (including phenoxy) is 2. The molecule has 3 unspecified atom stereocenters. The molecule has 0 spiro atoms. The van der Waals surface area contributed by atoms with Gasteiger partial charge in [-0.1, -0.05) is 12.1 Å². The molecule has 2 aliphatic heterocycles. The summed E-state index contributed by atoms with van der Waals surface area (Å²) < 4.78 is 16.5. The number of hydrogen-bond acceptors (Lipinski definition) is 6. The van der Waals surface area contributed by atoms with E-state index in [2.05, 4.69) is 22.4 Å². The summed E-state index contributed by atoms with van der Waals surface area (Å²) in [5.41, 5.74) is 0. The molecule has 0 saturated carbocycles. The molecule has 3 atom stereocenters. The highest BCUT2D eigenvalue weighted by Crippen LogP contribution is 2.32. The third-order valence-corrected chi connectivity index (χ3v) is 3.62. The molecule has 1 aromatic heterocycles. The molecule has 2 aliphatic rings. The maximum absolute atomic E-state index is 5.66. The van der Waals surface area contributed by atoms with E-state index in [0.717, 1.165) is 32.6 Å². The molecule has 1 aromatic rings. The highest BCUT2D eigenvalue weighted by molar-refractivity contribution is 5.03. The van der Waals surface area contributed by atoms with Crippen LogP contribution < -0.4 is 5.32 Å². The summed E-state index contributed by atoms with van der Waals surface area (Å²) in [6, 6.07) is 0.0543. The van der Waals surface area contributed by atoms with Gasteiger partial charge in [-0.15, -0.1) is 0 Å². The second-order valence-electron chi connectivity index (χ2n) is 4.79. The Labute approximate surface area is 106 Å². The molecule has 6 heteroatoms. The zero-order valence-corrected chi connectivity index (χ0v) is 10.6. The van der Waals surface area contributed by atoms with Gasteiger partial charge in [0.05, 0.1) is 31.3 Å². The minimum Gasteiger partial charge on any atom is -0.378 e. The van der Waals surface area contributed by atoms with Crippen LogP contribution in [0.25, 0.3) is 0 Å². The van der Waals surface area contributed by atoms with Crippen molar-refractivity contribution in [1.29, 1.82) is 0 Å². The number of nitrogens with one attached hydrogen (secondary N) is 1. The first kappa shape index (κ1) is 12.1. The van der Waals surface area contributed by atoms with Crippen LogP contribution in [0.5, 0.6) is 0 Å². The van der Waals surface area contributed by atoms with Crippen LogP contribution in [-0.4, -0.2) is 42.6 Å². The fourth-order valence-electron chi connectivity index (χ4n) is 2.60. The van der Waals surface area contributed by atoms with Gasteiger partial charge in [0.15, 0.2) is 5.82 Å². The number of nitrogens with zero attached hydrogens (tertiary/aromatic N) is 2. The Morgan fingerprint density at radius 1 is 1.39 bits per heavy atom. The van der Waals surface area contributed by atoms with Crippen LogP contribution in [0.4, 0.5) is 0 Å². The summed E-state index contributed by atoms with van der Waals surface area (Å²) in [5, 5.41) is 7.39. The Hall–Kier alpha value is -0.980. The van der Waals surface area contributed by atoms with Crippen LogP contribution in [0, 0.1) is 0 Å². The summed E-state index contributed by atoms with van der Waals surface area (Å²) in [5.74, 6) is 1.66. The SMILES string of the molecule is CCC1OCCC1c1nc(C2COCCN2)no1. The summed E-state index contributed by atoms with van der Waals surface area (Å²) in [4.78, 5) is 4.51. The molecule has 2 saturated heterocycles. The standard InChI is InChI=1S/C12H19N3O3/c1-2-10-8(3-5-17-10)12-14-11(15-18-12)9-7-16-6-4-13-9/h8-10,13H,2-7H2,1H3. The van der Waals surface area contributed by atoms with Crippen molar-refractivity contribution >= 4 is 0 Å². The molecule has 3 heterocycles. The van der Waals surface area contributed by atoms with E-state index < -0.39 is 0 Å². The van der Waals surface area contributed by atoms with Crippen molar-refractivity contribution < 1.29 is 14.0 Å². The third-order valence-electron chi connectivity index (χ3n) is 3.62. The molecule has 2 fully saturated rings. The van der Waals surface area contributed by atoms with Crippen molar-refractivity contribution in [3.05, 3.63) is 11.7 Å². The van der Waals surface area contributed by atoms with E-state index in [0.29, 0.717) is 18.3 Å². The van der Waals surface area contributed by atoms with E-state index in [1.807, 2.05) is 0 Å². The Balaban J connectivity index is 1.72. The number of rotatable bonds is 3. The van der Waals surface area contributed by atoms with Crippen LogP contribution in [0.1, 0.15) is 43.4 Å². The second kappa shape index (κ2) is 5.34. The van der Waals surface area contributed by atoms with Crippen LogP contribution in [-0.2, 0) is 9.47 Å². The second-order valence-corrected chi connectivity index (χ2v) is 4.79. The lowest BCUT2D eigenvalue weighted by Crippen LogP contribution is -2.35. The lowest BCUT2D eigenvalue weighted by atomic mass is 10.00. The number of hydrogen-bond donors (Lipinski definition) is 1. The van der Waals surface area contributed by atoms with Crippen molar-refractivity contribution in [3.8, 4) is 0 Å². The van der Waals surface area contributed by atoms with Gasteiger partial charge in [-0.25, -0.2) is 0 Å². The van der Waals surface area contributed by atoms with E-state index in [-0.39, 0.29) is 18.1 Å². The fourth-order valence-corrected chi connectivity index (χ4v) is 2.60. The van der Waals surface area contributed by atoms with Gasteiger partial charge in [0, 0.05) is 13.2 Å². The molecule has 3 rings (SSSR count). The maximum atomic E-state index is 5.66. The Bertz CT molecular complexity index is 390. The van der Waals surface area contributed by atoms with Crippen molar-refractivity contribution in [2.75, 3.05) is 26.4 Å². The maximum Gasteiger partial charge on any atom is 0.232 e. The zero-order chi connectivity index (χ0) is 12.4. The highest BCUT2D eigenvalue weighted by atomic mass is 16.5. The zero-order valence-electron chi connectivity index (χ0n) is 10.6. The van der Waals surface area contributed by atoms with Crippen LogP contribution in [0.3, 0.4) is 0 Å². The third kappa shape index (κ3) is 2.28. The average Bonchev–Trinajstić information content (AvgIpc) is 3.08. The predicted octanol–water partition coefficient (Wildman–Crippen LogP) is 1.01. The topological polar surface area (TPSA) is 69.4 Å². The summed E-state index contributed by atoms with van der Waals surface area (Å²) >= 11 is 0. The van der Waals surface area contributed by atoms with Crippen molar-refractivity contribution in [2.24, 2.45) is 0 Å². The Kier molecular flexibility index (Phi) is 3.58. The van der Waals surface area contributed by atoms with Gasteiger partial charge in [0.2, 0.25) is 5.89 Å². The van der Waals surface area contributed by atoms with Gasteiger partial charge < -0.3 is 19.3 Å². The van der Waals surface area contributed by atoms with Crippen LogP contribution in [0.15, 0.2) is 4.52 Å². The van der Waals surface area contributed by atoms with Crippen LogP contribution in [0.2, 0.25) is 0 Å². The predicted molar refractivity (Wildman–Crippen MR) is 63.2 cm³/mol. The van der Waals surface area contributed by atoms with Gasteiger partial charge >= 0.3 is 0 Å². The average molecular weight is 253 g/mol. The first-order valence-electron chi connectivity index (χ1n) is 6.64. The van der Waals surface area contributed by atoms with E-state index in [1.165, 1.54) is 0 Å². The quantitative estimate of drug-likeness (QED) is 0.867. The molecule has 18 heavy (non-hydrogen) atoms. The smallest absolute Gasteiger partial charge is 0.232 e. The van der Waals surface area contributed by atoms with Gasteiger partial charge in [-0.3, -0.25) is 0 Å². The van der Waals surface area contributed by atoms with Crippen molar-refractivity contribution in [1.82, 2.24) is 15.5 Å². The van der Waals surface area contributed by atoms with E-state index >= 15 is 0 Å². The number of aromatic nitrogens is 2. The van der Waals surface area contributed by atoms with Gasteiger partial charge in [0.1, 0.15) is 0 Å². The van der Waals surface area contributed by atoms with E-state index in [1.54, 1.807) is 0 Å². The minimum atomic E-state index is 0.0543. The monoisotopic (exact) mass is 253 g/mol. The first-order valence-corrected chi connectivity index (χ1v) is 6.64. The van der Waals surface area contributed by atoms with Gasteiger partial charge in [-0.2, -0.15) is 4.98 Å². The molecule has 1 N–H and O–H groups in total. The molecule has 0 aliphatic carbocycles. The van der Waals surface area contributed by atoms with E-state index in [4.69, 9.17) is 14.0 Å². The van der Waals surface area contributed by atoms with Gasteiger partial charge in [0.25, 0.3) is 0 Å². The number of morpholine rings is 1. The lowest BCUT2D eigenvalue weighted by molar-refractivity contribution is 0.0734. The molecule has 0 amide bonds. The van der Waals surface area contributed by atoms with E-state index in [9.17, 15) is 0 Å². The van der Waals surface area contributed by atoms with Crippen molar-refractivity contribution in [3.63, 3.8) is 0 Å². The molecular weight excluding hydrogens is 234 g/mol. The van der Waals surface area contributed by atoms with Gasteiger partial charge in [-0.05, 0) is 12.8 Å². The molecule has 0 bridgehead atoms. The minimum absolute atomic E-state index is 0.0543. The summed E-state index contributed by atoms with van der Waals surface area (Å²) in [6.45, 7) is 5.09. The molecule has 100 valence electrons. The normalized spacial score (nSPS) is 32.8. The van der Waals surface area contributed by atoms with Crippen molar-refractivity contribution in [2.45, 2.75) is 37.8 Å². The van der Waals surface area contributed by atoms with Crippen LogP contribution >= 0.6 is 0 Å². The molecule has 0 aromatic carbocycles. The molecule has 6 nitrogen and oxygen atoms in total. The lowest BCUT2D eigenvalue weighted by Gasteiger charge is -2.20.